The zero-order valence-electron chi connectivity index (χ0n) is 20.2. The van der Waals surface area contributed by atoms with E-state index in [1.54, 1.807) is 6.21 Å². The van der Waals surface area contributed by atoms with Crippen LogP contribution in [0, 0.1) is 13.8 Å². The summed E-state index contributed by atoms with van der Waals surface area (Å²) in [5.41, 5.74) is 11.6. The Balaban J connectivity index is 1.19. The number of benzene rings is 3. The molecule has 3 aromatic carbocycles. The summed E-state index contributed by atoms with van der Waals surface area (Å²) in [6, 6.07) is 28.8. The summed E-state index contributed by atoms with van der Waals surface area (Å²) in [6.45, 7) is 7.03. The molecule has 0 radical (unpaired) electrons. The number of fused-ring (bicyclic) bond motifs is 1. The highest BCUT2D eigenvalue weighted by Gasteiger charge is 2.16. The Morgan fingerprint density at radius 2 is 1.66 bits per heavy atom. The Hall–Kier alpha value is -3.96. The molecule has 0 spiro atoms. The molecule has 0 saturated carbocycles. The molecular weight excluding hydrogens is 432 g/mol. The first kappa shape index (κ1) is 22.8. The molecule has 0 fully saturated rings. The molecule has 4 aromatic rings. The molecule has 1 aliphatic heterocycles. The van der Waals surface area contributed by atoms with Crippen molar-refractivity contribution in [1.29, 1.82) is 0 Å². The number of aromatic nitrogens is 1. The van der Waals surface area contributed by atoms with Crippen LogP contribution in [0.15, 0.2) is 90.0 Å². The number of carbonyl (C=O) groups excluding carboxylic acids is 1. The number of amides is 1. The second-order valence-electron chi connectivity index (χ2n) is 9.12. The molecule has 176 valence electrons. The van der Waals surface area contributed by atoms with Crippen molar-refractivity contribution in [2.24, 2.45) is 5.10 Å². The third-order valence-electron chi connectivity index (χ3n) is 6.69. The predicted octanol–water partition coefficient (Wildman–Crippen LogP) is 5.42. The molecule has 5 nitrogen and oxygen atoms in total. The van der Waals surface area contributed by atoms with E-state index >= 15 is 0 Å². The third-order valence-corrected chi connectivity index (χ3v) is 6.69. The molecule has 1 N–H and O–H groups in total. The fourth-order valence-electron chi connectivity index (χ4n) is 4.83. The van der Waals surface area contributed by atoms with Gasteiger partial charge in [-0.3, -0.25) is 9.69 Å². The molecule has 0 aliphatic carbocycles. The van der Waals surface area contributed by atoms with E-state index in [0.29, 0.717) is 5.56 Å². The molecule has 1 aliphatic rings. The third kappa shape index (κ3) is 5.10. The van der Waals surface area contributed by atoms with Crippen LogP contribution >= 0.6 is 0 Å². The van der Waals surface area contributed by atoms with Gasteiger partial charge in [-0.25, -0.2) is 5.43 Å². The van der Waals surface area contributed by atoms with Crippen LogP contribution < -0.4 is 5.43 Å². The van der Waals surface area contributed by atoms with Crippen molar-refractivity contribution in [2.75, 3.05) is 6.54 Å². The monoisotopic (exact) mass is 462 g/mol. The molecule has 1 amide bonds. The second kappa shape index (κ2) is 10.1. The van der Waals surface area contributed by atoms with Gasteiger partial charge in [0.15, 0.2) is 0 Å². The van der Waals surface area contributed by atoms with Crippen molar-refractivity contribution in [3.05, 3.63) is 124 Å². The molecule has 5 heteroatoms. The van der Waals surface area contributed by atoms with Gasteiger partial charge < -0.3 is 4.57 Å². The highest BCUT2D eigenvalue weighted by molar-refractivity contribution is 5.95. The highest BCUT2D eigenvalue weighted by atomic mass is 16.2. The maximum absolute atomic E-state index is 12.6. The minimum Gasteiger partial charge on any atom is -0.318 e. The minimum absolute atomic E-state index is 0.212. The summed E-state index contributed by atoms with van der Waals surface area (Å²) in [4.78, 5) is 15.1. The summed E-state index contributed by atoms with van der Waals surface area (Å²) in [6.07, 6.45) is 2.80. The van der Waals surface area contributed by atoms with E-state index in [-0.39, 0.29) is 5.91 Å². The largest absolute Gasteiger partial charge is 0.318 e. The van der Waals surface area contributed by atoms with Gasteiger partial charge in [-0.1, -0.05) is 54.6 Å². The summed E-state index contributed by atoms with van der Waals surface area (Å²) in [5, 5.41) is 4.22. The van der Waals surface area contributed by atoms with Crippen molar-refractivity contribution in [2.45, 2.75) is 33.4 Å². The second-order valence-corrected chi connectivity index (χ2v) is 9.12. The normalized spacial score (nSPS) is 13.7. The Morgan fingerprint density at radius 3 is 2.43 bits per heavy atom. The van der Waals surface area contributed by atoms with E-state index in [1.807, 2.05) is 42.5 Å². The fourth-order valence-corrected chi connectivity index (χ4v) is 4.83. The van der Waals surface area contributed by atoms with Crippen molar-refractivity contribution in [3.63, 3.8) is 0 Å². The quantitative estimate of drug-likeness (QED) is 0.307. The van der Waals surface area contributed by atoms with Crippen LogP contribution in [-0.4, -0.2) is 28.1 Å². The van der Waals surface area contributed by atoms with E-state index in [4.69, 9.17) is 0 Å². The summed E-state index contributed by atoms with van der Waals surface area (Å²) < 4.78 is 2.18. The number of rotatable bonds is 6. The molecule has 5 rings (SSSR count). The molecule has 0 atom stereocenters. The lowest BCUT2D eigenvalue weighted by atomic mass is 9.99. The summed E-state index contributed by atoms with van der Waals surface area (Å²) in [5.74, 6) is -0.212. The van der Waals surface area contributed by atoms with Crippen LogP contribution in [-0.2, 0) is 19.5 Å². The van der Waals surface area contributed by atoms with Crippen molar-refractivity contribution >= 4 is 12.1 Å². The van der Waals surface area contributed by atoms with Crippen molar-refractivity contribution < 1.29 is 4.79 Å². The topological polar surface area (TPSA) is 49.6 Å². The number of aryl methyl sites for hydroxylation is 1. The standard InChI is InChI=1S/C30H30N4O/c1-22-18-28(23(2)34(22)29-10-4-3-5-11-29)19-31-32-30(35)26-14-12-24(13-15-26)20-33-17-16-25-8-6-7-9-27(25)21-33/h3-15,18-19H,16-17,20-21H2,1-2H3,(H,32,35)/b31-19+. The van der Waals surface area contributed by atoms with Gasteiger partial charge in [0.1, 0.15) is 0 Å². The van der Waals surface area contributed by atoms with Gasteiger partial charge in [-0.15, -0.1) is 0 Å². The Bertz CT molecular complexity index is 1350. The molecule has 0 bridgehead atoms. The molecule has 1 aromatic heterocycles. The summed E-state index contributed by atoms with van der Waals surface area (Å²) in [7, 11) is 0. The minimum atomic E-state index is -0.212. The summed E-state index contributed by atoms with van der Waals surface area (Å²) >= 11 is 0. The maximum atomic E-state index is 12.6. The molecule has 0 unspecified atom stereocenters. The van der Waals surface area contributed by atoms with Gasteiger partial charge in [0.2, 0.25) is 0 Å². The zero-order chi connectivity index (χ0) is 24.2. The number of nitrogens with one attached hydrogen (secondary N) is 1. The zero-order valence-corrected chi connectivity index (χ0v) is 20.2. The number of hydrazone groups is 1. The maximum Gasteiger partial charge on any atom is 0.271 e. The van der Waals surface area contributed by atoms with Gasteiger partial charge in [-0.2, -0.15) is 5.10 Å². The first-order valence-corrected chi connectivity index (χ1v) is 12.0. The number of para-hydroxylation sites is 1. The highest BCUT2D eigenvalue weighted by Crippen LogP contribution is 2.21. The van der Waals surface area contributed by atoms with Crippen molar-refractivity contribution in [1.82, 2.24) is 14.9 Å². The molecular formula is C30H30N4O. The Morgan fingerprint density at radius 1 is 0.943 bits per heavy atom. The smallest absolute Gasteiger partial charge is 0.271 e. The van der Waals surface area contributed by atoms with E-state index in [0.717, 1.165) is 48.7 Å². The van der Waals surface area contributed by atoms with E-state index in [1.165, 1.54) is 16.7 Å². The Kier molecular flexibility index (Phi) is 6.59. The van der Waals surface area contributed by atoms with E-state index in [2.05, 4.69) is 76.3 Å². The molecule has 35 heavy (non-hydrogen) atoms. The number of nitrogens with zero attached hydrogens (tertiary/aromatic N) is 3. The van der Waals surface area contributed by atoms with Gasteiger partial charge in [-0.05, 0) is 67.3 Å². The lowest BCUT2D eigenvalue weighted by molar-refractivity contribution is 0.0955. The van der Waals surface area contributed by atoms with Crippen LogP contribution in [0.5, 0.6) is 0 Å². The molecule has 2 heterocycles. The van der Waals surface area contributed by atoms with E-state index in [9.17, 15) is 4.79 Å². The van der Waals surface area contributed by atoms with Crippen LogP contribution in [0.1, 0.15) is 44.0 Å². The number of carbonyl (C=O) groups is 1. The Labute approximate surface area is 206 Å². The first-order valence-electron chi connectivity index (χ1n) is 12.0. The number of hydrogen-bond acceptors (Lipinski definition) is 3. The predicted molar refractivity (Wildman–Crippen MR) is 141 cm³/mol. The van der Waals surface area contributed by atoms with Crippen LogP contribution in [0.4, 0.5) is 0 Å². The van der Waals surface area contributed by atoms with Crippen LogP contribution in [0.25, 0.3) is 5.69 Å². The van der Waals surface area contributed by atoms with Crippen LogP contribution in [0.3, 0.4) is 0 Å². The number of hydrogen-bond donors (Lipinski definition) is 1. The van der Waals surface area contributed by atoms with Crippen LogP contribution in [0.2, 0.25) is 0 Å². The van der Waals surface area contributed by atoms with E-state index < -0.39 is 0 Å². The average Bonchev–Trinajstić information content (AvgIpc) is 3.17. The van der Waals surface area contributed by atoms with Gasteiger partial charge in [0, 0.05) is 47.8 Å². The fraction of sp³-hybridized carbons (Fsp3) is 0.200. The van der Waals surface area contributed by atoms with Gasteiger partial charge >= 0.3 is 0 Å². The van der Waals surface area contributed by atoms with Gasteiger partial charge in [0.25, 0.3) is 5.91 Å². The SMILES string of the molecule is Cc1cc(/C=N/NC(=O)c2ccc(CN3CCc4ccccc4C3)cc2)c(C)n1-c1ccccc1. The first-order chi connectivity index (χ1) is 17.1. The van der Waals surface area contributed by atoms with Gasteiger partial charge in [0.05, 0.1) is 6.21 Å². The molecule has 0 saturated heterocycles. The average molecular weight is 463 g/mol. The van der Waals surface area contributed by atoms with Crippen molar-refractivity contribution in [3.8, 4) is 5.69 Å². The lowest BCUT2D eigenvalue weighted by Gasteiger charge is -2.28. The lowest BCUT2D eigenvalue weighted by Crippen LogP contribution is -2.30.